The molecule has 1 aromatic carbocycles. The van der Waals surface area contributed by atoms with Crippen LogP contribution in [0, 0.1) is 13.8 Å². The summed E-state index contributed by atoms with van der Waals surface area (Å²) in [4.78, 5) is 4.65. The van der Waals surface area contributed by atoms with Gasteiger partial charge >= 0.3 is 0 Å². The van der Waals surface area contributed by atoms with Crippen LogP contribution in [0.25, 0.3) is 16.9 Å². The van der Waals surface area contributed by atoms with Gasteiger partial charge in [-0.15, -0.1) is 0 Å². The van der Waals surface area contributed by atoms with Crippen molar-refractivity contribution in [2.75, 3.05) is 5.73 Å². The lowest BCUT2D eigenvalue weighted by Crippen LogP contribution is -1.94. The van der Waals surface area contributed by atoms with Crippen LogP contribution in [0.2, 0.25) is 5.02 Å². The highest BCUT2D eigenvalue weighted by atomic mass is 35.5. The first kappa shape index (κ1) is 12.1. The number of aryl methyl sites for hydroxylation is 2. The fraction of sp³-hybridized carbons (Fsp3) is 0.133. The molecule has 3 aromatic rings. The number of rotatable bonds is 1. The van der Waals surface area contributed by atoms with Crippen LogP contribution in [-0.4, -0.2) is 9.38 Å². The molecule has 0 atom stereocenters. The third-order valence-electron chi connectivity index (χ3n) is 3.31. The van der Waals surface area contributed by atoms with Gasteiger partial charge in [0.15, 0.2) is 0 Å². The van der Waals surface area contributed by atoms with E-state index in [2.05, 4.69) is 4.98 Å². The van der Waals surface area contributed by atoms with Crippen LogP contribution in [0.3, 0.4) is 0 Å². The molecule has 3 rings (SSSR count). The molecule has 0 unspecified atom stereocenters. The highest BCUT2D eigenvalue weighted by molar-refractivity contribution is 6.31. The molecule has 0 saturated heterocycles. The smallest absolute Gasteiger partial charge is 0.142 e. The van der Waals surface area contributed by atoms with Crippen LogP contribution in [0.1, 0.15) is 11.1 Å². The third-order valence-corrected chi connectivity index (χ3v) is 3.74. The van der Waals surface area contributed by atoms with Crippen molar-refractivity contribution in [3.63, 3.8) is 0 Å². The molecular weight excluding hydrogens is 258 g/mol. The molecule has 0 amide bonds. The Bertz CT molecular complexity index is 774. The van der Waals surface area contributed by atoms with Crippen molar-refractivity contribution in [2.45, 2.75) is 13.8 Å². The third kappa shape index (κ3) is 1.87. The summed E-state index contributed by atoms with van der Waals surface area (Å²) in [5.74, 6) is 0.653. The van der Waals surface area contributed by atoms with Gasteiger partial charge in [-0.1, -0.05) is 23.7 Å². The lowest BCUT2D eigenvalue weighted by atomic mass is 10.1. The van der Waals surface area contributed by atoms with Gasteiger partial charge in [0.05, 0.1) is 0 Å². The topological polar surface area (TPSA) is 43.3 Å². The molecule has 0 spiro atoms. The second-order valence-electron chi connectivity index (χ2n) is 4.69. The maximum absolute atomic E-state index is 6.20. The summed E-state index contributed by atoms with van der Waals surface area (Å²) in [7, 11) is 0. The van der Waals surface area contributed by atoms with Crippen LogP contribution < -0.4 is 5.73 Å². The Hall–Kier alpha value is -2.00. The van der Waals surface area contributed by atoms with Crippen molar-refractivity contribution >= 4 is 23.1 Å². The van der Waals surface area contributed by atoms with Crippen molar-refractivity contribution in [3.8, 4) is 11.3 Å². The molecule has 0 saturated carbocycles. The normalized spacial score (nSPS) is 11.1. The van der Waals surface area contributed by atoms with Crippen molar-refractivity contribution in [2.24, 2.45) is 0 Å². The fourth-order valence-electron chi connectivity index (χ4n) is 2.23. The number of hydrogen-bond donors (Lipinski definition) is 1. The van der Waals surface area contributed by atoms with Gasteiger partial charge in [0.1, 0.15) is 17.2 Å². The van der Waals surface area contributed by atoms with Crippen molar-refractivity contribution in [1.29, 1.82) is 0 Å². The van der Waals surface area contributed by atoms with Gasteiger partial charge in [-0.25, -0.2) is 4.98 Å². The summed E-state index contributed by atoms with van der Waals surface area (Å²) in [6.07, 6.45) is 1.93. The molecule has 0 aliphatic rings. The van der Waals surface area contributed by atoms with Gasteiger partial charge in [0.2, 0.25) is 0 Å². The maximum Gasteiger partial charge on any atom is 0.142 e. The molecule has 0 bridgehead atoms. The van der Waals surface area contributed by atoms with E-state index in [4.69, 9.17) is 17.3 Å². The van der Waals surface area contributed by atoms with Gasteiger partial charge in [0.25, 0.3) is 0 Å². The number of aromatic nitrogens is 2. The molecule has 0 aliphatic heterocycles. The van der Waals surface area contributed by atoms with E-state index in [0.717, 1.165) is 33.1 Å². The summed E-state index contributed by atoms with van der Waals surface area (Å²) in [5, 5.41) is 0.752. The van der Waals surface area contributed by atoms with E-state index in [1.165, 1.54) is 0 Å². The van der Waals surface area contributed by atoms with Crippen LogP contribution in [0.4, 0.5) is 5.82 Å². The molecule has 2 heterocycles. The van der Waals surface area contributed by atoms with Crippen LogP contribution in [-0.2, 0) is 0 Å². The monoisotopic (exact) mass is 271 g/mol. The number of nitrogens with two attached hydrogens (primary N) is 1. The number of nitrogen functional groups attached to an aromatic ring is 1. The lowest BCUT2D eigenvalue weighted by molar-refractivity contribution is 1.17. The predicted molar refractivity (Wildman–Crippen MR) is 79.5 cm³/mol. The highest BCUT2D eigenvalue weighted by Gasteiger charge is 2.12. The Morgan fingerprint density at radius 3 is 2.63 bits per heavy atom. The molecular formula is C15H14ClN3. The van der Waals surface area contributed by atoms with Crippen molar-refractivity contribution in [1.82, 2.24) is 9.38 Å². The minimum absolute atomic E-state index is 0.653. The molecule has 0 radical (unpaired) electrons. The maximum atomic E-state index is 6.20. The zero-order valence-electron chi connectivity index (χ0n) is 10.8. The van der Waals surface area contributed by atoms with E-state index in [1.807, 2.05) is 54.8 Å². The Morgan fingerprint density at radius 2 is 1.95 bits per heavy atom. The van der Waals surface area contributed by atoms with E-state index in [1.54, 1.807) is 0 Å². The minimum atomic E-state index is 0.653. The molecule has 0 aliphatic carbocycles. The first-order valence-electron chi connectivity index (χ1n) is 6.07. The lowest BCUT2D eigenvalue weighted by Gasteiger charge is -2.02. The van der Waals surface area contributed by atoms with Crippen LogP contribution in [0.5, 0.6) is 0 Å². The Morgan fingerprint density at radius 1 is 1.16 bits per heavy atom. The van der Waals surface area contributed by atoms with Gasteiger partial charge < -0.3 is 5.73 Å². The Labute approximate surface area is 116 Å². The first-order chi connectivity index (χ1) is 9.08. The number of imidazole rings is 1. The summed E-state index contributed by atoms with van der Waals surface area (Å²) in [6, 6.07) is 9.83. The Balaban J connectivity index is 2.28. The molecule has 96 valence electrons. The molecule has 3 nitrogen and oxygen atoms in total. The van der Waals surface area contributed by atoms with Gasteiger partial charge in [-0.3, -0.25) is 4.40 Å². The largest absolute Gasteiger partial charge is 0.383 e. The van der Waals surface area contributed by atoms with E-state index in [0.29, 0.717) is 5.82 Å². The molecule has 0 fully saturated rings. The zero-order chi connectivity index (χ0) is 13.6. The second-order valence-corrected chi connectivity index (χ2v) is 5.10. The molecule has 2 N–H and O–H groups in total. The Kier molecular flexibility index (Phi) is 2.72. The number of halogens is 1. The van der Waals surface area contributed by atoms with E-state index in [-0.39, 0.29) is 0 Å². The first-order valence-corrected chi connectivity index (χ1v) is 6.45. The zero-order valence-corrected chi connectivity index (χ0v) is 11.6. The van der Waals surface area contributed by atoms with E-state index in [9.17, 15) is 0 Å². The van der Waals surface area contributed by atoms with Gasteiger partial charge in [-0.05, 0) is 43.2 Å². The van der Waals surface area contributed by atoms with Gasteiger partial charge in [-0.2, -0.15) is 0 Å². The number of anilines is 1. The quantitative estimate of drug-likeness (QED) is 0.730. The summed E-state index contributed by atoms with van der Waals surface area (Å²) in [5.41, 5.74) is 11.0. The minimum Gasteiger partial charge on any atom is -0.383 e. The molecule has 19 heavy (non-hydrogen) atoms. The predicted octanol–water partition coefficient (Wildman–Crippen LogP) is 3.85. The highest BCUT2D eigenvalue weighted by Crippen LogP contribution is 2.29. The number of hydrogen-bond acceptors (Lipinski definition) is 2. The number of benzene rings is 1. The van der Waals surface area contributed by atoms with Crippen molar-refractivity contribution in [3.05, 3.63) is 52.7 Å². The summed E-state index contributed by atoms with van der Waals surface area (Å²) < 4.78 is 1.91. The average Bonchev–Trinajstić information content (AvgIpc) is 2.72. The molecule has 4 heteroatoms. The van der Waals surface area contributed by atoms with E-state index < -0.39 is 0 Å². The molecule has 2 aromatic heterocycles. The summed E-state index contributed by atoms with van der Waals surface area (Å²) >= 11 is 6.05. The standard InChI is InChI=1S/C15H14ClN3/c1-9-4-3-7-19-14(17)13(18-15(9)19)11-5-6-12(16)10(2)8-11/h3-8H,17H2,1-2H3. The SMILES string of the molecule is Cc1cc(-c2nc3c(C)cccn3c2N)ccc1Cl. The van der Waals surface area contributed by atoms with Crippen LogP contribution >= 0.6 is 11.6 Å². The second kappa shape index (κ2) is 4.28. The fourth-order valence-corrected chi connectivity index (χ4v) is 2.34. The van der Waals surface area contributed by atoms with Crippen LogP contribution in [0.15, 0.2) is 36.5 Å². The van der Waals surface area contributed by atoms with Gasteiger partial charge in [0, 0.05) is 16.8 Å². The number of fused-ring (bicyclic) bond motifs is 1. The number of pyridine rings is 1. The number of nitrogens with zero attached hydrogens (tertiary/aromatic N) is 2. The summed E-state index contributed by atoms with van der Waals surface area (Å²) in [6.45, 7) is 4.00. The van der Waals surface area contributed by atoms with Crippen molar-refractivity contribution < 1.29 is 0 Å². The van der Waals surface area contributed by atoms with E-state index >= 15 is 0 Å². The average molecular weight is 272 g/mol.